The number of amides is 2. The lowest BCUT2D eigenvalue weighted by molar-refractivity contribution is -0.137. The van der Waals surface area contributed by atoms with Gasteiger partial charge in [0.15, 0.2) is 5.13 Å². The Morgan fingerprint density at radius 1 is 0.895 bits per heavy atom. The standard InChI is InChI=1S/C26H23F3N6O2S/c27-26(28,29)18-5-4-6-19(13-18)33-23(36)34-20-14-30-24(31-15-20)37-21-9-7-17(8-10-21)22-16-32-25(38-22)35-11-2-1-3-12-35/h4-10,13-16H,1-3,11-12H2,(H2,33,34,36). The van der Waals surface area contributed by atoms with Crippen LogP contribution in [0.15, 0.2) is 67.1 Å². The van der Waals surface area contributed by atoms with Crippen molar-refractivity contribution in [3.8, 4) is 22.2 Å². The zero-order valence-corrected chi connectivity index (χ0v) is 20.9. The van der Waals surface area contributed by atoms with Crippen molar-refractivity contribution in [2.45, 2.75) is 25.4 Å². The monoisotopic (exact) mass is 540 g/mol. The van der Waals surface area contributed by atoms with Crippen LogP contribution in [0, 0.1) is 0 Å². The summed E-state index contributed by atoms with van der Waals surface area (Å²) in [4.78, 5) is 28.3. The number of hydrogen-bond donors (Lipinski definition) is 2. The van der Waals surface area contributed by atoms with Crippen molar-refractivity contribution in [3.63, 3.8) is 0 Å². The Morgan fingerprint density at radius 3 is 2.32 bits per heavy atom. The average Bonchev–Trinajstić information content (AvgIpc) is 3.41. The van der Waals surface area contributed by atoms with Crippen LogP contribution in [0.3, 0.4) is 0 Å². The Bertz CT molecular complexity index is 1390. The van der Waals surface area contributed by atoms with Crippen molar-refractivity contribution >= 4 is 33.9 Å². The quantitative estimate of drug-likeness (QED) is 0.272. The highest BCUT2D eigenvalue weighted by molar-refractivity contribution is 7.18. The zero-order chi connectivity index (χ0) is 26.5. The Labute approximate surface area is 220 Å². The van der Waals surface area contributed by atoms with E-state index in [9.17, 15) is 18.0 Å². The number of benzene rings is 2. The predicted molar refractivity (Wildman–Crippen MR) is 140 cm³/mol. The van der Waals surface area contributed by atoms with Crippen LogP contribution >= 0.6 is 11.3 Å². The topological polar surface area (TPSA) is 92.3 Å². The van der Waals surface area contributed by atoms with Gasteiger partial charge in [-0.3, -0.25) is 0 Å². The number of nitrogens with one attached hydrogen (secondary N) is 2. The molecule has 0 unspecified atom stereocenters. The molecule has 2 aromatic carbocycles. The van der Waals surface area contributed by atoms with E-state index in [0.717, 1.165) is 40.8 Å². The maximum Gasteiger partial charge on any atom is 0.416 e. The fourth-order valence-electron chi connectivity index (χ4n) is 3.92. The molecule has 1 aliphatic heterocycles. The van der Waals surface area contributed by atoms with Gasteiger partial charge in [0.05, 0.1) is 28.5 Å². The highest BCUT2D eigenvalue weighted by Gasteiger charge is 2.30. The van der Waals surface area contributed by atoms with Gasteiger partial charge in [-0.2, -0.15) is 13.2 Å². The minimum Gasteiger partial charge on any atom is -0.424 e. The molecule has 38 heavy (non-hydrogen) atoms. The van der Waals surface area contributed by atoms with E-state index < -0.39 is 17.8 Å². The van der Waals surface area contributed by atoms with Crippen molar-refractivity contribution in [3.05, 3.63) is 72.7 Å². The summed E-state index contributed by atoms with van der Waals surface area (Å²) in [5.41, 5.74) is 0.419. The Balaban J connectivity index is 1.15. The first-order chi connectivity index (χ1) is 18.3. The van der Waals surface area contributed by atoms with E-state index in [-0.39, 0.29) is 17.4 Å². The number of nitrogens with zero attached hydrogens (tertiary/aromatic N) is 4. The van der Waals surface area contributed by atoms with Crippen LogP contribution in [0.1, 0.15) is 24.8 Å². The van der Waals surface area contributed by atoms with Crippen LogP contribution in [0.2, 0.25) is 0 Å². The molecule has 0 radical (unpaired) electrons. The van der Waals surface area contributed by atoms with Crippen LogP contribution in [0.25, 0.3) is 10.4 Å². The average molecular weight is 541 g/mol. The van der Waals surface area contributed by atoms with Gasteiger partial charge < -0.3 is 20.3 Å². The minimum absolute atomic E-state index is 0.00249. The number of piperidine rings is 1. The zero-order valence-electron chi connectivity index (χ0n) is 20.0. The number of aromatic nitrogens is 3. The molecule has 0 aliphatic carbocycles. The van der Waals surface area contributed by atoms with Gasteiger partial charge in [-0.25, -0.2) is 19.7 Å². The number of ether oxygens (including phenoxy) is 1. The summed E-state index contributed by atoms with van der Waals surface area (Å²) in [7, 11) is 0. The molecule has 2 N–H and O–H groups in total. The van der Waals surface area contributed by atoms with Crippen LogP contribution in [0.5, 0.6) is 11.8 Å². The first-order valence-corrected chi connectivity index (χ1v) is 12.7. The van der Waals surface area contributed by atoms with Gasteiger partial charge >= 0.3 is 18.2 Å². The lowest BCUT2D eigenvalue weighted by atomic mass is 10.1. The van der Waals surface area contributed by atoms with E-state index in [2.05, 4.69) is 30.5 Å². The van der Waals surface area contributed by atoms with Crippen LogP contribution < -0.4 is 20.3 Å². The van der Waals surface area contributed by atoms with Crippen LogP contribution in [-0.4, -0.2) is 34.1 Å². The van der Waals surface area contributed by atoms with E-state index in [4.69, 9.17) is 4.74 Å². The third-order valence-corrected chi connectivity index (χ3v) is 6.91. The third kappa shape index (κ3) is 6.38. The normalized spacial score (nSPS) is 13.7. The third-order valence-electron chi connectivity index (χ3n) is 5.80. The second-order valence-corrected chi connectivity index (χ2v) is 9.60. The summed E-state index contributed by atoms with van der Waals surface area (Å²) in [5.74, 6) is 0.539. The van der Waals surface area contributed by atoms with E-state index in [1.807, 2.05) is 30.5 Å². The number of halogens is 3. The maximum atomic E-state index is 12.8. The van der Waals surface area contributed by atoms with E-state index in [1.165, 1.54) is 43.8 Å². The summed E-state index contributed by atoms with van der Waals surface area (Å²) in [6, 6.07) is 11.2. The van der Waals surface area contributed by atoms with Crippen molar-refractivity contribution in [2.75, 3.05) is 28.6 Å². The van der Waals surface area contributed by atoms with Crippen molar-refractivity contribution < 1.29 is 22.7 Å². The van der Waals surface area contributed by atoms with Gasteiger partial charge in [-0.1, -0.05) is 17.4 Å². The maximum absolute atomic E-state index is 12.8. The summed E-state index contributed by atoms with van der Waals surface area (Å²) in [5, 5.41) is 5.87. The van der Waals surface area contributed by atoms with E-state index in [1.54, 1.807) is 11.3 Å². The molecule has 0 saturated carbocycles. The molecule has 0 spiro atoms. The fourth-order valence-corrected chi connectivity index (χ4v) is 4.90. The van der Waals surface area contributed by atoms with Gasteiger partial charge in [0, 0.05) is 25.0 Å². The molecular formula is C26H23F3N6O2S. The van der Waals surface area contributed by atoms with Gasteiger partial charge in [0.2, 0.25) is 0 Å². The molecule has 1 saturated heterocycles. The fraction of sp³-hybridized carbons (Fsp3) is 0.231. The summed E-state index contributed by atoms with van der Waals surface area (Å²) < 4.78 is 44.2. The number of alkyl halides is 3. The number of carbonyl (C=O) groups is 1. The number of hydrogen-bond acceptors (Lipinski definition) is 7. The smallest absolute Gasteiger partial charge is 0.416 e. The van der Waals surface area contributed by atoms with E-state index >= 15 is 0 Å². The highest BCUT2D eigenvalue weighted by atomic mass is 32.1. The molecule has 2 aromatic heterocycles. The first kappa shape index (κ1) is 25.5. The lowest BCUT2D eigenvalue weighted by Gasteiger charge is -2.25. The van der Waals surface area contributed by atoms with Crippen molar-refractivity contribution in [1.29, 1.82) is 0 Å². The molecule has 3 heterocycles. The van der Waals surface area contributed by atoms with Crippen LogP contribution in [-0.2, 0) is 6.18 Å². The number of thiazole rings is 1. The second kappa shape index (κ2) is 11.1. The van der Waals surface area contributed by atoms with Crippen molar-refractivity contribution in [1.82, 2.24) is 15.0 Å². The molecule has 8 nitrogen and oxygen atoms in total. The van der Waals surface area contributed by atoms with Gasteiger partial charge in [0.1, 0.15) is 5.75 Å². The molecule has 12 heteroatoms. The van der Waals surface area contributed by atoms with Gasteiger partial charge in [0.25, 0.3) is 0 Å². The molecule has 196 valence electrons. The molecule has 0 bridgehead atoms. The van der Waals surface area contributed by atoms with E-state index in [0.29, 0.717) is 5.75 Å². The van der Waals surface area contributed by atoms with Gasteiger partial charge in [-0.05, 0) is 67.3 Å². The largest absolute Gasteiger partial charge is 0.424 e. The molecular weight excluding hydrogens is 517 g/mol. The number of rotatable bonds is 6. The Kier molecular flexibility index (Phi) is 7.40. The SMILES string of the molecule is O=C(Nc1cnc(Oc2ccc(-c3cnc(N4CCCCC4)s3)cc2)nc1)Nc1cccc(C(F)(F)F)c1. The Morgan fingerprint density at radius 2 is 1.61 bits per heavy atom. The molecule has 1 aliphatic rings. The summed E-state index contributed by atoms with van der Waals surface area (Å²) in [6.07, 6.45) is 3.74. The molecule has 4 aromatic rings. The summed E-state index contributed by atoms with van der Waals surface area (Å²) in [6.45, 7) is 2.10. The number of anilines is 3. The minimum atomic E-state index is -4.50. The predicted octanol–water partition coefficient (Wildman–Crippen LogP) is 7.05. The number of urea groups is 1. The molecule has 5 rings (SSSR count). The van der Waals surface area contributed by atoms with Crippen molar-refractivity contribution in [2.24, 2.45) is 0 Å². The Hall–Kier alpha value is -4.19. The van der Waals surface area contributed by atoms with Crippen LogP contribution in [0.4, 0.5) is 34.5 Å². The summed E-state index contributed by atoms with van der Waals surface area (Å²) >= 11 is 1.67. The lowest BCUT2D eigenvalue weighted by Crippen LogP contribution is -2.29. The first-order valence-electron chi connectivity index (χ1n) is 11.9. The highest BCUT2D eigenvalue weighted by Crippen LogP contribution is 2.34. The number of carbonyl (C=O) groups excluding carboxylic acids is 1. The second-order valence-electron chi connectivity index (χ2n) is 8.59. The molecule has 2 amide bonds. The molecule has 1 fully saturated rings. The molecule has 0 atom stereocenters. The van der Waals surface area contributed by atoms with Gasteiger partial charge in [-0.15, -0.1) is 0 Å².